The van der Waals surface area contributed by atoms with E-state index in [1.54, 1.807) is 24.3 Å². The van der Waals surface area contributed by atoms with Gasteiger partial charge in [0.15, 0.2) is 0 Å². The molecule has 0 aliphatic carbocycles. The molecule has 0 saturated heterocycles. The maximum absolute atomic E-state index is 11.7. The summed E-state index contributed by atoms with van der Waals surface area (Å²) in [4.78, 5) is 11.7. The predicted molar refractivity (Wildman–Crippen MR) is 68.6 cm³/mol. The molecule has 2 rings (SSSR count). The molecule has 0 fully saturated rings. The molecular formula is C13H12ClNO2. The largest absolute Gasteiger partial charge is 0.507 e. The fraction of sp³-hybridized carbons (Fsp3) is 0.154. The Hall–Kier alpha value is -1.74. The van der Waals surface area contributed by atoms with Crippen molar-refractivity contribution in [1.29, 1.82) is 0 Å². The fourth-order valence-corrected chi connectivity index (χ4v) is 1.95. The van der Waals surface area contributed by atoms with Crippen molar-refractivity contribution in [3.8, 4) is 5.75 Å². The number of amides is 1. The fourth-order valence-electron chi connectivity index (χ4n) is 1.72. The molecule has 0 saturated carbocycles. The highest BCUT2D eigenvalue weighted by Crippen LogP contribution is 2.31. The zero-order valence-electron chi connectivity index (χ0n) is 9.33. The van der Waals surface area contributed by atoms with Crippen LogP contribution in [-0.2, 0) is 0 Å². The molecule has 0 atom stereocenters. The number of nitrogens with one attached hydrogen (secondary N) is 1. The number of carbonyl (C=O) groups excluding carboxylic acids is 1. The molecule has 0 heterocycles. The molecule has 2 aromatic carbocycles. The van der Waals surface area contributed by atoms with Crippen LogP contribution >= 0.6 is 11.6 Å². The van der Waals surface area contributed by atoms with Gasteiger partial charge in [0, 0.05) is 27.9 Å². The summed E-state index contributed by atoms with van der Waals surface area (Å²) in [5.74, 6) is -0.157. The van der Waals surface area contributed by atoms with E-state index in [0.717, 1.165) is 0 Å². The number of carbonyl (C=O) groups is 1. The average Bonchev–Trinajstić information content (AvgIpc) is 2.30. The lowest BCUT2D eigenvalue weighted by Gasteiger charge is -2.07. The van der Waals surface area contributed by atoms with E-state index in [1.165, 1.54) is 6.07 Å². The van der Waals surface area contributed by atoms with Crippen LogP contribution in [0.2, 0.25) is 5.02 Å². The SMILES string of the molecule is CCNC(=O)c1cc(O)c2cccc(Cl)c2c1. The van der Waals surface area contributed by atoms with E-state index in [0.29, 0.717) is 27.9 Å². The Morgan fingerprint density at radius 1 is 1.35 bits per heavy atom. The van der Waals surface area contributed by atoms with Crippen molar-refractivity contribution in [3.63, 3.8) is 0 Å². The van der Waals surface area contributed by atoms with Crippen molar-refractivity contribution < 1.29 is 9.90 Å². The van der Waals surface area contributed by atoms with Gasteiger partial charge in [-0.05, 0) is 25.1 Å². The van der Waals surface area contributed by atoms with Gasteiger partial charge in [0.2, 0.25) is 0 Å². The molecule has 0 aliphatic heterocycles. The van der Waals surface area contributed by atoms with Gasteiger partial charge >= 0.3 is 0 Å². The van der Waals surface area contributed by atoms with Crippen LogP contribution in [0.4, 0.5) is 0 Å². The topological polar surface area (TPSA) is 49.3 Å². The second kappa shape index (κ2) is 4.63. The van der Waals surface area contributed by atoms with E-state index >= 15 is 0 Å². The van der Waals surface area contributed by atoms with Gasteiger partial charge in [-0.15, -0.1) is 0 Å². The first kappa shape index (κ1) is 11.7. The third-order valence-electron chi connectivity index (χ3n) is 2.52. The van der Waals surface area contributed by atoms with Gasteiger partial charge in [0.1, 0.15) is 5.75 Å². The van der Waals surface area contributed by atoms with E-state index in [2.05, 4.69) is 5.32 Å². The van der Waals surface area contributed by atoms with Crippen LogP contribution in [0.1, 0.15) is 17.3 Å². The summed E-state index contributed by atoms with van der Waals surface area (Å²) in [6, 6.07) is 8.38. The summed E-state index contributed by atoms with van der Waals surface area (Å²) in [6.07, 6.45) is 0. The van der Waals surface area contributed by atoms with E-state index < -0.39 is 0 Å². The Bertz CT molecular complexity index is 581. The average molecular weight is 250 g/mol. The quantitative estimate of drug-likeness (QED) is 0.860. The van der Waals surface area contributed by atoms with Gasteiger partial charge in [-0.1, -0.05) is 23.7 Å². The Labute approximate surface area is 104 Å². The number of rotatable bonds is 2. The summed E-state index contributed by atoms with van der Waals surface area (Å²) >= 11 is 6.04. The molecule has 3 nitrogen and oxygen atoms in total. The van der Waals surface area contributed by atoms with Crippen LogP contribution in [0, 0.1) is 0 Å². The minimum atomic E-state index is -0.218. The first-order valence-corrected chi connectivity index (χ1v) is 5.70. The molecule has 17 heavy (non-hydrogen) atoms. The molecule has 0 aromatic heterocycles. The standard InChI is InChI=1S/C13H12ClNO2/c1-2-15-13(17)8-6-10-9(12(16)7-8)4-3-5-11(10)14/h3-7,16H,2H2,1H3,(H,15,17). The third kappa shape index (κ3) is 2.19. The number of halogens is 1. The first-order chi connectivity index (χ1) is 8.13. The molecule has 0 bridgehead atoms. The van der Waals surface area contributed by atoms with E-state index in [9.17, 15) is 9.90 Å². The maximum Gasteiger partial charge on any atom is 0.251 e. The summed E-state index contributed by atoms with van der Waals surface area (Å²) in [7, 11) is 0. The number of hydrogen-bond acceptors (Lipinski definition) is 2. The third-order valence-corrected chi connectivity index (χ3v) is 2.85. The highest BCUT2D eigenvalue weighted by atomic mass is 35.5. The molecule has 4 heteroatoms. The van der Waals surface area contributed by atoms with Crippen molar-refractivity contribution >= 4 is 28.3 Å². The molecule has 2 aromatic rings. The second-order valence-electron chi connectivity index (χ2n) is 3.69. The van der Waals surface area contributed by atoms with Crippen LogP contribution in [0.5, 0.6) is 5.75 Å². The van der Waals surface area contributed by atoms with Crippen LogP contribution in [0.3, 0.4) is 0 Å². The predicted octanol–water partition coefficient (Wildman–Crippen LogP) is 2.95. The van der Waals surface area contributed by atoms with Crippen molar-refractivity contribution in [2.75, 3.05) is 6.54 Å². The van der Waals surface area contributed by atoms with Crippen LogP contribution in [-0.4, -0.2) is 17.6 Å². The normalized spacial score (nSPS) is 10.5. The molecule has 88 valence electrons. The molecule has 2 N–H and O–H groups in total. The van der Waals surface area contributed by atoms with E-state index in [4.69, 9.17) is 11.6 Å². The van der Waals surface area contributed by atoms with Crippen LogP contribution in [0.25, 0.3) is 10.8 Å². The number of benzene rings is 2. The highest BCUT2D eigenvalue weighted by molar-refractivity contribution is 6.35. The van der Waals surface area contributed by atoms with E-state index in [-0.39, 0.29) is 11.7 Å². The van der Waals surface area contributed by atoms with Gasteiger partial charge < -0.3 is 10.4 Å². The lowest BCUT2D eigenvalue weighted by Crippen LogP contribution is -2.22. The first-order valence-electron chi connectivity index (χ1n) is 5.33. The summed E-state index contributed by atoms with van der Waals surface area (Å²) < 4.78 is 0. The highest BCUT2D eigenvalue weighted by Gasteiger charge is 2.10. The van der Waals surface area contributed by atoms with Gasteiger partial charge in [-0.2, -0.15) is 0 Å². The lowest BCUT2D eigenvalue weighted by atomic mass is 10.1. The molecule has 0 unspecified atom stereocenters. The summed E-state index contributed by atoms with van der Waals surface area (Å²) in [5, 5.41) is 14.4. The van der Waals surface area contributed by atoms with Crippen LogP contribution in [0.15, 0.2) is 30.3 Å². The van der Waals surface area contributed by atoms with Crippen molar-refractivity contribution in [2.24, 2.45) is 0 Å². The van der Waals surface area contributed by atoms with Gasteiger partial charge in [0.05, 0.1) is 0 Å². The zero-order chi connectivity index (χ0) is 12.4. The maximum atomic E-state index is 11.7. The number of hydrogen-bond donors (Lipinski definition) is 2. The number of phenols is 1. The molecular weight excluding hydrogens is 238 g/mol. The Morgan fingerprint density at radius 3 is 2.82 bits per heavy atom. The smallest absolute Gasteiger partial charge is 0.251 e. The number of fused-ring (bicyclic) bond motifs is 1. The molecule has 1 amide bonds. The minimum absolute atomic E-state index is 0.0613. The van der Waals surface area contributed by atoms with Crippen molar-refractivity contribution in [2.45, 2.75) is 6.92 Å². The molecule has 0 spiro atoms. The Balaban J connectivity index is 2.62. The number of aromatic hydroxyl groups is 1. The van der Waals surface area contributed by atoms with E-state index in [1.807, 2.05) is 6.92 Å². The van der Waals surface area contributed by atoms with Gasteiger partial charge in [-0.25, -0.2) is 0 Å². The minimum Gasteiger partial charge on any atom is -0.507 e. The molecule has 0 aliphatic rings. The Morgan fingerprint density at radius 2 is 2.12 bits per heavy atom. The Kier molecular flexibility index (Phi) is 3.20. The van der Waals surface area contributed by atoms with Crippen molar-refractivity contribution in [1.82, 2.24) is 5.32 Å². The monoisotopic (exact) mass is 249 g/mol. The molecule has 0 radical (unpaired) electrons. The second-order valence-corrected chi connectivity index (χ2v) is 4.10. The van der Waals surface area contributed by atoms with Crippen molar-refractivity contribution in [3.05, 3.63) is 40.9 Å². The van der Waals surface area contributed by atoms with Gasteiger partial charge in [0.25, 0.3) is 5.91 Å². The summed E-state index contributed by atoms with van der Waals surface area (Å²) in [5.41, 5.74) is 0.407. The lowest BCUT2D eigenvalue weighted by molar-refractivity contribution is 0.0955. The zero-order valence-corrected chi connectivity index (χ0v) is 10.1. The number of phenolic OH excluding ortho intramolecular Hbond substituents is 1. The van der Waals surface area contributed by atoms with Gasteiger partial charge in [-0.3, -0.25) is 4.79 Å². The van der Waals surface area contributed by atoms with Crippen LogP contribution < -0.4 is 5.32 Å². The summed E-state index contributed by atoms with van der Waals surface area (Å²) in [6.45, 7) is 2.38.